The molecule has 0 spiro atoms. The van der Waals surface area contributed by atoms with Crippen LogP contribution in [0.25, 0.3) is 0 Å². The summed E-state index contributed by atoms with van der Waals surface area (Å²) in [6.07, 6.45) is 0.407. The predicted molar refractivity (Wildman–Crippen MR) is 145 cm³/mol. The van der Waals surface area contributed by atoms with Crippen LogP contribution >= 0.6 is 0 Å². The van der Waals surface area contributed by atoms with Crippen molar-refractivity contribution >= 4 is 11.8 Å². The average Bonchev–Trinajstić information content (AvgIpc) is 2.82. The van der Waals surface area contributed by atoms with Gasteiger partial charge in [-0.3, -0.25) is 9.59 Å². The van der Waals surface area contributed by atoms with Crippen molar-refractivity contribution in [1.82, 2.24) is 10.2 Å². The minimum atomic E-state index is -0.694. The van der Waals surface area contributed by atoms with Gasteiger partial charge in [-0.25, -0.2) is 0 Å². The summed E-state index contributed by atoms with van der Waals surface area (Å²) in [5.41, 5.74) is 4.65. The molecule has 0 radical (unpaired) electrons. The lowest BCUT2D eigenvalue weighted by atomic mass is 10.00. The minimum absolute atomic E-state index is 0.149. The molecule has 0 fully saturated rings. The number of ether oxygens (including phenoxy) is 1. The Bertz CT molecular complexity index is 1180. The molecule has 3 rings (SSSR count). The van der Waals surface area contributed by atoms with Gasteiger partial charge in [0.05, 0.1) is 0 Å². The third-order valence-corrected chi connectivity index (χ3v) is 6.07. The van der Waals surface area contributed by atoms with E-state index in [9.17, 15) is 9.59 Å². The number of rotatable bonds is 9. The highest BCUT2D eigenvalue weighted by Gasteiger charge is 2.32. The molecule has 0 aliphatic rings. The van der Waals surface area contributed by atoms with Crippen LogP contribution in [0, 0.1) is 20.8 Å². The summed E-state index contributed by atoms with van der Waals surface area (Å²) >= 11 is 0. The number of hydrogen-bond donors (Lipinski definition) is 1. The minimum Gasteiger partial charge on any atom is -0.483 e. The van der Waals surface area contributed by atoms with Crippen molar-refractivity contribution in [2.75, 3.05) is 6.61 Å². The van der Waals surface area contributed by atoms with Crippen molar-refractivity contribution < 1.29 is 14.3 Å². The van der Waals surface area contributed by atoms with E-state index < -0.39 is 11.6 Å². The fourth-order valence-corrected chi connectivity index (χ4v) is 4.06. The van der Waals surface area contributed by atoms with E-state index in [0.29, 0.717) is 18.7 Å². The lowest BCUT2D eigenvalue weighted by molar-refractivity contribution is -0.143. The fourth-order valence-electron chi connectivity index (χ4n) is 4.06. The molecule has 3 aromatic carbocycles. The quantitative estimate of drug-likeness (QED) is 0.432. The molecule has 5 nitrogen and oxygen atoms in total. The van der Waals surface area contributed by atoms with Crippen molar-refractivity contribution in [3.05, 3.63) is 101 Å². The standard InChI is InChI=1S/C31H38N2O3/c1-22-16-17-24(3)28(18-22)36-21-29(34)33(20-26-15-11-10-12-23(26)2)27(30(35)32-31(4,5)6)19-25-13-8-7-9-14-25/h7-18,27H,19-21H2,1-6H3,(H,32,35)/t27-/m1/s1. The van der Waals surface area contributed by atoms with Crippen LogP contribution in [0.4, 0.5) is 0 Å². The van der Waals surface area contributed by atoms with Crippen LogP contribution in [-0.2, 0) is 22.6 Å². The molecule has 0 saturated carbocycles. The molecule has 1 N–H and O–H groups in total. The fraction of sp³-hybridized carbons (Fsp3) is 0.355. The second kappa shape index (κ2) is 11.9. The van der Waals surface area contributed by atoms with Crippen molar-refractivity contribution in [3.63, 3.8) is 0 Å². The van der Waals surface area contributed by atoms with Crippen molar-refractivity contribution in [3.8, 4) is 5.75 Å². The lowest BCUT2D eigenvalue weighted by Gasteiger charge is -2.34. The molecule has 0 aliphatic heterocycles. The van der Waals surface area contributed by atoms with Crippen LogP contribution in [0.3, 0.4) is 0 Å². The largest absolute Gasteiger partial charge is 0.483 e. The zero-order valence-corrected chi connectivity index (χ0v) is 22.3. The molecule has 0 unspecified atom stereocenters. The summed E-state index contributed by atoms with van der Waals surface area (Å²) in [5.74, 6) is 0.266. The molecule has 3 aromatic rings. The average molecular weight is 487 g/mol. The maximum absolute atomic E-state index is 13.8. The SMILES string of the molecule is Cc1ccc(C)c(OCC(=O)N(Cc2ccccc2C)[C@H](Cc2ccccc2)C(=O)NC(C)(C)C)c1. The molecule has 5 heteroatoms. The first-order valence-electron chi connectivity index (χ1n) is 12.4. The van der Waals surface area contributed by atoms with Gasteiger partial charge in [0.25, 0.3) is 5.91 Å². The van der Waals surface area contributed by atoms with Gasteiger partial charge in [-0.2, -0.15) is 0 Å². The molecule has 36 heavy (non-hydrogen) atoms. The summed E-state index contributed by atoms with van der Waals surface area (Å²) in [6.45, 7) is 12.0. The summed E-state index contributed by atoms with van der Waals surface area (Å²) in [5, 5.41) is 3.09. The van der Waals surface area contributed by atoms with E-state index in [1.54, 1.807) is 4.90 Å². The Balaban J connectivity index is 1.96. The zero-order valence-electron chi connectivity index (χ0n) is 22.3. The van der Waals surface area contributed by atoms with Crippen LogP contribution in [0.2, 0.25) is 0 Å². The number of carbonyl (C=O) groups is 2. The number of hydrogen-bond acceptors (Lipinski definition) is 3. The molecule has 0 saturated heterocycles. The first-order chi connectivity index (χ1) is 17.0. The number of nitrogens with one attached hydrogen (secondary N) is 1. The second-order valence-corrected chi connectivity index (χ2v) is 10.5. The molecular weight excluding hydrogens is 448 g/mol. The van der Waals surface area contributed by atoms with Gasteiger partial charge in [-0.15, -0.1) is 0 Å². The van der Waals surface area contributed by atoms with Gasteiger partial charge in [0.15, 0.2) is 6.61 Å². The Morgan fingerprint density at radius 1 is 0.889 bits per heavy atom. The summed E-state index contributed by atoms with van der Waals surface area (Å²) in [4.78, 5) is 29.0. The molecule has 0 bridgehead atoms. The van der Waals surface area contributed by atoms with Gasteiger partial charge in [-0.05, 0) is 75.4 Å². The maximum Gasteiger partial charge on any atom is 0.261 e. The Hall–Kier alpha value is -3.60. The van der Waals surface area contributed by atoms with Gasteiger partial charge < -0.3 is 15.0 Å². The van der Waals surface area contributed by atoms with E-state index in [2.05, 4.69) is 5.32 Å². The molecular formula is C31H38N2O3. The highest BCUT2D eigenvalue weighted by Crippen LogP contribution is 2.21. The summed E-state index contributed by atoms with van der Waals surface area (Å²) < 4.78 is 5.99. The van der Waals surface area contributed by atoms with Crippen LogP contribution < -0.4 is 10.1 Å². The number of benzene rings is 3. The molecule has 1 atom stereocenters. The lowest BCUT2D eigenvalue weighted by Crippen LogP contribution is -2.55. The highest BCUT2D eigenvalue weighted by molar-refractivity contribution is 5.89. The molecule has 0 aliphatic carbocycles. The van der Waals surface area contributed by atoms with Crippen molar-refractivity contribution in [2.24, 2.45) is 0 Å². The van der Waals surface area contributed by atoms with E-state index >= 15 is 0 Å². The number of carbonyl (C=O) groups excluding carboxylic acids is 2. The van der Waals surface area contributed by atoms with E-state index in [1.807, 2.05) is 114 Å². The highest BCUT2D eigenvalue weighted by atomic mass is 16.5. The molecule has 0 heterocycles. The second-order valence-electron chi connectivity index (χ2n) is 10.5. The third kappa shape index (κ3) is 7.70. The number of amides is 2. The van der Waals surface area contributed by atoms with E-state index in [-0.39, 0.29) is 18.4 Å². The topological polar surface area (TPSA) is 58.6 Å². The molecule has 2 amide bonds. The molecule has 0 aromatic heterocycles. The predicted octanol–water partition coefficient (Wildman–Crippen LogP) is 5.55. The first-order valence-corrected chi connectivity index (χ1v) is 12.4. The van der Waals surface area contributed by atoms with Gasteiger partial charge in [-0.1, -0.05) is 66.7 Å². The molecule has 190 valence electrons. The van der Waals surface area contributed by atoms with Gasteiger partial charge in [0.2, 0.25) is 5.91 Å². The smallest absolute Gasteiger partial charge is 0.261 e. The van der Waals surface area contributed by atoms with Gasteiger partial charge in [0.1, 0.15) is 11.8 Å². The van der Waals surface area contributed by atoms with Crippen LogP contribution in [0.1, 0.15) is 48.6 Å². The summed E-state index contributed by atoms with van der Waals surface area (Å²) in [7, 11) is 0. The number of aryl methyl sites for hydroxylation is 3. The monoisotopic (exact) mass is 486 g/mol. The normalized spacial score (nSPS) is 12.1. The van der Waals surface area contributed by atoms with Crippen molar-refractivity contribution in [1.29, 1.82) is 0 Å². The maximum atomic E-state index is 13.8. The van der Waals surface area contributed by atoms with Gasteiger partial charge in [0, 0.05) is 18.5 Å². The van der Waals surface area contributed by atoms with E-state index in [1.165, 1.54) is 0 Å². The zero-order chi connectivity index (χ0) is 26.3. The van der Waals surface area contributed by atoms with Crippen LogP contribution in [0.5, 0.6) is 5.75 Å². The Labute approximate surface area is 215 Å². The van der Waals surface area contributed by atoms with Crippen LogP contribution in [-0.4, -0.2) is 34.9 Å². The van der Waals surface area contributed by atoms with E-state index in [4.69, 9.17) is 4.74 Å². The Morgan fingerprint density at radius 2 is 1.56 bits per heavy atom. The third-order valence-electron chi connectivity index (χ3n) is 6.07. The number of nitrogens with zero attached hydrogens (tertiary/aromatic N) is 1. The van der Waals surface area contributed by atoms with Crippen LogP contribution in [0.15, 0.2) is 72.8 Å². The Kier molecular flexibility index (Phi) is 8.92. The van der Waals surface area contributed by atoms with Gasteiger partial charge >= 0.3 is 0 Å². The van der Waals surface area contributed by atoms with Crippen molar-refractivity contribution in [2.45, 2.75) is 66.1 Å². The Morgan fingerprint density at radius 3 is 2.22 bits per heavy atom. The summed E-state index contributed by atoms with van der Waals surface area (Å²) in [6, 6.07) is 23.0. The first kappa shape index (κ1) is 27.0. The van der Waals surface area contributed by atoms with E-state index in [0.717, 1.165) is 27.8 Å².